The van der Waals surface area contributed by atoms with Gasteiger partial charge in [-0.1, -0.05) is 54.6 Å². The molecule has 0 aromatic heterocycles. The van der Waals surface area contributed by atoms with Gasteiger partial charge in [0.2, 0.25) is 0 Å². The average Bonchev–Trinajstić information content (AvgIpc) is 3.18. The maximum Gasteiger partial charge on any atom is 0.306 e. The fourth-order valence-electron chi connectivity index (χ4n) is 4.40. The van der Waals surface area contributed by atoms with Gasteiger partial charge in [0, 0.05) is 25.4 Å². The molecule has 0 heterocycles. The molecule has 1 saturated carbocycles. The number of ether oxygens (including phenoxy) is 3. The third kappa shape index (κ3) is 7.97. The summed E-state index contributed by atoms with van der Waals surface area (Å²) in [6.07, 6.45) is 6.45. The highest BCUT2D eigenvalue weighted by atomic mass is 16.5. The first-order chi connectivity index (χ1) is 16.6. The number of hydrogen-bond acceptors (Lipinski definition) is 6. The zero-order valence-electron chi connectivity index (χ0n) is 19.8. The number of aliphatic hydroxyl groups is 2. The van der Waals surface area contributed by atoms with Gasteiger partial charge in [0.25, 0.3) is 0 Å². The average molecular weight is 469 g/mol. The van der Waals surface area contributed by atoms with Gasteiger partial charge in [-0.15, -0.1) is 0 Å². The minimum Gasteiger partial charge on any atom is -0.497 e. The monoisotopic (exact) mass is 468 g/mol. The van der Waals surface area contributed by atoms with Crippen LogP contribution in [0.4, 0.5) is 0 Å². The summed E-state index contributed by atoms with van der Waals surface area (Å²) in [6, 6.07) is 17.3. The Labute approximate surface area is 202 Å². The Morgan fingerprint density at radius 2 is 1.74 bits per heavy atom. The highest BCUT2D eigenvalue weighted by Crippen LogP contribution is 2.37. The first-order valence-corrected chi connectivity index (χ1v) is 12.0. The van der Waals surface area contributed by atoms with Crippen molar-refractivity contribution in [2.24, 2.45) is 11.8 Å². The molecule has 2 aromatic rings. The Morgan fingerprint density at radius 3 is 2.44 bits per heavy atom. The van der Waals surface area contributed by atoms with Crippen LogP contribution < -0.4 is 4.74 Å². The lowest BCUT2D eigenvalue weighted by Crippen LogP contribution is -2.26. The third-order valence-corrected chi connectivity index (χ3v) is 6.40. The van der Waals surface area contributed by atoms with Gasteiger partial charge in [0.05, 0.1) is 25.9 Å². The van der Waals surface area contributed by atoms with Gasteiger partial charge in [0.1, 0.15) is 12.4 Å². The van der Waals surface area contributed by atoms with Crippen molar-refractivity contribution in [3.05, 3.63) is 77.9 Å². The van der Waals surface area contributed by atoms with E-state index in [1.54, 1.807) is 7.11 Å². The van der Waals surface area contributed by atoms with Crippen molar-refractivity contribution in [3.8, 4) is 5.75 Å². The van der Waals surface area contributed by atoms with Crippen LogP contribution >= 0.6 is 0 Å². The van der Waals surface area contributed by atoms with Crippen LogP contribution in [0, 0.1) is 11.8 Å². The van der Waals surface area contributed by atoms with Gasteiger partial charge in [-0.3, -0.25) is 4.79 Å². The number of carbonyl (C=O) groups is 1. The van der Waals surface area contributed by atoms with E-state index in [9.17, 15) is 15.0 Å². The first-order valence-electron chi connectivity index (χ1n) is 12.0. The van der Waals surface area contributed by atoms with Crippen LogP contribution in [0.25, 0.3) is 0 Å². The van der Waals surface area contributed by atoms with Crippen molar-refractivity contribution in [2.75, 3.05) is 13.7 Å². The van der Waals surface area contributed by atoms with Crippen LogP contribution in [0.5, 0.6) is 5.75 Å². The molecule has 0 amide bonds. The lowest BCUT2D eigenvalue weighted by Gasteiger charge is -2.23. The molecule has 0 bridgehead atoms. The summed E-state index contributed by atoms with van der Waals surface area (Å²) in [7, 11) is 1.63. The lowest BCUT2D eigenvalue weighted by atomic mass is 9.91. The number of rotatable bonds is 13. The first kappa shape index (κ1) is 25.9. The number of carbonyl (C=O) groups excluding carboxylic acids is 1. The van der Waals surface area contributed by atoms with E-state index >= 15 is 0 Å². The second-order valence-corrected chi connectivity index (χ2v) is 8.76. The number of esters is 1. The lowest BCUT2D eigenvalue weighted by molar-refractivity contribution is -0.145. The Balaban J connectivity index is 1.35. The van der Waals surface area contributed by atoms with E-state index in [-0.39, 0.29) is 30.5 Å². The second kappa shape index (κ2) is 13.9. The van der Waals surface area contributed by atoms with Gasteiger partial charge in [0.15, 0.2) is 0 Å². The van der Waals surface area contributed by atoms with Crippen molar-refractivity contribution in [1.82, 2.24) is 0 Å². The molecule has 0 unspecified atom stereocenters. The Bertz CT molecular complexity index is 880. The summed E-state index contributed by atoms with van der Waals surface area (Å²) in [4.78, 5) is 11.9. The highest BCUT2D eigenvalue weighted by Gasteiger charge is 2.42. The molecule has 34 heavy (non-hydrogen) atoms. The molecule has 0 spiro atoms. The van der Waals surface area contributed by atoms with Gasteiger partial charge in [-0.25, -0.2) is 0 Å². The molecule has 2 aromatic carbocycles. The van der Waals surface area contributed by atoms with E-state index in [1.165, 1.54) is 0 Å². The molecule has 1 aliphatic rings. The molecule has 0 aliphatic heterocycles. The molecule has 0 radical (unpaired) electrons. The molecule has 6 nitrogen and oxygen atoms in total. The summed E-state index contributed by atoms with van der Waals surface area (Å²) in [6.45, 7) is 0.718. The van der Waals surface area contributed by atoms with Gasteiger partial charge in [-0.2, -0.15) is 0 Å². The van der Waals surface area contributed by atoms with Crippen LogP contribution in [0.1, 0.15) is 43.2 Å². The molecule has 1 fully saturated rings. The number of methoxy groups -OCH3 is 1. The normalized spacial score (nSPS) is 22.2. The van der Waals surface area contributed by atoms with Crippen molar-refractivity contribution in [3.63, 3.8) is 0 Å². The third-order valence-electron chi connectivity index (χ3n) is 6.40. The molecule has 6 heteroatoms. The summed E-state index contributed by atoms with van der Waals surface area (Å²) in [5, 5.41) is 20.5. The highest BCUT2D eigenvalue weighted by molar-refractivity contribution is 5.69. The minimum atomic E-state index is -0.504. The Hall–Kier alpha value is -2.67. The van der Waals surface area contributed by atoms with Gasteiger partial charge >= 0.3 is 5.97 Å². The van der Waals surface area contributed by atoms with E-state index in [0.717, 1.165) is 23.3 Å². The Kier molecular flexibility index (Phi) is 10.6. The van der Waals surface area contributed by atoms with Crippen molar-refractivity contribution in [2.45, 2.75) is 57.5 Å². The largest absolute Gasteiger partial charge is 0.497 e. The van der Waals surface area contributed by atoms with Crippen molar-refractivity contribution in [1.29, 1.82) is 0 Å². The molecule has 1 aliphatic carbocycles. The van der Waals surface area contributed by atoms with Crippen molar-refractivity contribution < 1.29 is 29.2 Å². The Morgan fingerprint density at radius 1 is 1.00 bits per heavy atom. The van der Waals surface area contributed by atoms with Gasteiger partial charge in [-0.05, 0) is 48.4 Å². The van der Waals surface area contributed by atoms with Crippen LogP contribution in [0.3, 0.4) is 0 Å². The van der Waals surface area contributed by atoms with E-state index < -0.39 is 6.10 Å². The fraction of sp³-hybridized carbons (Fsp3) is 0.464. The molecule has 3 rings (SSSR count). The van der Waals surface area contributed by atoms with Crippen molar-refractivity contribution >= 4 is 5.97 Å². The van der Waals surface area contributed by atoms with E-state index in [1.807, 2.05) is 66.7 Å². The SMILES string of the molecule is COc1ccc(CO[C@@H]2C[C@H](O)[C@H](CC=CCCCC(=O)OCc3ccccc3)[C@H]2CO)cc1. The van der Waals surface area contributed by atoms with Crippen LogP contribution in [0.15, 0.2) is 66.7 Å². The maximum absolute atomic E-state index is 11.9. The zero-order valence-corrected chi connectivity index (χ0v) is 19.8. The molecular formula is C28H36O6. The van der Waals surface area contributed by atoms with E-state index in [4.69, 9.17) is 14.2 Å². The van der Waals surface area contributed by atoms with Crippen LogP contribution in [-0.4, -0.2) is 42.1 Å². The van der Waals surface area contributed by atoms with Crippen LogP contribution in [-0.2, 0) is 27.5 Å². The van der Waals surface area contributed by atoms with Gasteiger partial charge < -0.3 is 24.4 Å². The smallest absolute Gasteiger partial charge is 0.306 e. The molecular weight excluding hydrogens is 432 g/mol. The maximum atomic E-state index is 11.9. The number of hydrogen-bond donors (Lipinski definition) is 2. The number of benzene rings is 2. The zero-order chi connectivity index (χ0) is 24.2. The second-order valence-electron chi connectivity index (χ2n) is 8.76. The minimum absolute atomic E-state index is 0.0178. The molecule has 0 saturated heterocycles. The topological polar surface area (TPSA) is 85.2 Å². The summed E-state index contributed by atoms with van der Waals surface area (Å²) >= 11 is 0. The molecule has 2 N–H and O–H groups in total. The van der Waals surface area contributed by atoms with E-state index in [0.29, 0.717) is 38.9 Å². The molecule has 184 valence electrons. The summed E-state index contributed by atoms with van der Waals surface area (Å²) in [5.41, 5.74) is 2.01. The number of allylic oxidation sites excluding steroid dienone is 2. The van der Waals surface area contributed by atoms with Crippen LogP contribution in [0.2, 0.25) is 0 Å². The number of aliphatic hydroxyl groups excluding tert-OH is 2. The predicted molar refractivity (Wildman–Crippen MR) is 130 cm³/mol. The molecule has 4 atom stereocenters. The summed E-state index contributed by atoms with van der Waals surface area (Å²) < 4.78 is 16.5. The number of unbranched alkanes of at least 4 members (excludes halogenated alkanes) is 1. The fourth-order valence-corrected chi connectivity index (χ4v) is 4.40. The summed E-state index contributed by atoms with van der Waals surface area (Å²) in [5.74, 6) is 0.452. The van der Waals surface area contributed by atoms with E-state index in [2.05, 4.69) is 0 Å². The predicted octanol–water partition coefficient (Wildman–Crippen LogP) is 4.43. The quantitative estimate of drug-likeness (QED) is 0.257. The standard InChI is InChI=1S/C28H36O6/c1-32-23-15-13-22(14-16-23)19-33-27-17-26(30)24(25(27)18-29)11-7-2-3-8-12-28(31)34-20-21-9-5-4-6-10-21/h2,4-7,9-10,13-16,24-27,29-30H,3,8,11-12,17-20H2,1H3/t24-,25-,26+,27-/m1/s1.